The van der Waals surface area contributed by atoms with Crippen LogP contribution in [0.2, 0.25) is 0 Å². The van der Waals surface area contributed by atoms with Crippen LogP contribution in [0.5, 0.6) is 0 Å². The fraction of sp³-hybridized carbons (Fsp3) is 0.357. The van der Waals surface area contributed by atoms with Gasteiger partial charge >= 0.3 is 0 Å². The van der Waals surface area contributed by atoms with Gasteiger partial charge in [-0.3, -0.25) is 4.98 Å². The summed E-state index contributed by atoms with van der Waals surface area (Å²) < 4.78 is 0. The quantitative estimate of drug-likeness (QED) is 0.876. The second-order valence-electron chi connectivity index (χ2n) is 4.53. The molecule has 2 nitrogen and oxygen atoms in total. The molecule has 0 radical (unpaired) electrons. The standard InChI is InChI=1S/C14H16N2S/c1-2-14(17-9-1)12-3-4-13(16-10-12)11-5-7-15-8-6-11/h1-2,5-9,12-13,16H,3-4,10H2/t12-,13+/m1/s1. The van der Waals surface area contributed by atoms with Gasteiger partial charge in [0.2, 0.25) is 0 Å². The average Bonchev–Trinajstić information content (AvgIpc) is 2.94. The minimum Gasteiger partial charge on any atom is -0.309 e. The fourth-order valence-electron chi connectivity index (χ4n) is 2.50. The number of rotatable bonds is 2. The number of nitrogens with one attached hydrogen (secondary N) is 1. The Morgan fingerprint density at radius 2 is 2.06 bits per heavy atom. The van der Waals surface area contributed by atoms with E-state index in [0.717, 1.165) is 6.54 Å². The highest BCUT2D eigenvalue weighted by Crippen LogP contribution is 2.32. The SMILES string of the molecule is c1csc([C@@H]2CC[C@@H](c3ccncc3)NC2)c1. The Kier molecular flexibility index (Phi) is 3.20. The van der Waals surface area contributed by atoms with Crippen molar-refractivity contribution in [2.45, 2.75) is 24.8 Å². The molecule has 0 bridgehead atoms. The first kappa shape index (κ1) is 10.9. The molecular weight excluding hydrogens is 228 g/mol. The molecule has 3 heterocycles. The van der Waals surface area contributed by atoms with Crippen LogP contribution in [-0.2, 0) is 0 Å². The first-order valence-electron chi connectivity index (χ1n) is 6.10. The van der Waals surface area contributed by atoms with E-state index in [9.17, 15) is 0 Å². The maximum Gasteiger partial charge on any atom is 0.0321 e. The summed E-state index contributed by atoms with van der Waals surface area (Å²) in [5, 5.41) is 5.82. The van der Waals surface area contributed by atoms with Crippen LogP contribution < -0.4 is 5.32 Å². The second-order valence-corrected chi connectivity index (χ2v) is 5.51. The Hall–Kier alpha value is -1.19. The van der Waals surface area contributed by atoms with Gasteiger partial charge in [-0.25, -0.2) is 0 Å². The first-order valence-corrected chi connectivity index (χ1v) is 6.98. The van der Waals surface area contributed by atoms with Gasteiger partial charge in [-0.2, -0.15) is 0 Å². The fourth-order valence-corrected chi connectivity index (χ4v) is 3.37. The van der Waals surface area contributed by atoms with E-state index < -0.39 is 0 Å². The Morgan fingerprint density at radius 3 is 2.71 bits per heavy atom. The van der Waals surface area contributed by atoms with Gasteiger partial charge in [0.15, 0.2) is 0 Å². The van der Waals surface area contributed by atoms with Crippen LogP contribution in [0.4, 0.5) is 0 Å². The molecule has 1 saturated heterocycles. The van der Waals surface area contributed by atoms with Crippen molar-refractivity contribution in [3.05, 3.63) is 52.5 Å². The van der Waals surface area contributed by atoms with Crippen molar-refractivity contribution in [2.75, 3.05) is 6.54 Å². The molecule has 1 N–H and O–H groups in total. The van der Waals surface area contributed by atoms with E-state index in [1.165, 1.54) is 23.3 Å². The Labute approximate surface area is 106 Å². The van der Waals surface area contributed by atoms with E-state index in [-0.39, 0.29) is 0 Å². The first-order chi connectivity index (χ1) is 8.43. The molecule has 0 spiro atoms. The molecule has 0 aliphatic carbocycles. The van der Waals surface area contributed by atoms with Crippen molar-refractivity contribution in [1.82, 2.24) is 10.3 Å². The largest absolute Gasteiger partial charge is 0.309 e. The summed E-state index contributed by atoms with van der Waals surface area (Å²) in [4.78, 5) is 5.59. The summed E-state index contributed by atoms with van der Waals surface area (Å²) >= 11 is 1.88. The van der Waals surface area contributed by atoms with Crippen LogP contribution in [0.25, 0.3) is 0 Å². The summed E-state index contributed by atoms with van der Waals surface area (Å²) in [7, 11) is 0. The van der Waals surface area contributed by atoms with Crippen molar-refractivity contribution in [1.29, 1.82) is 0 Å². The molecule has 0 unspecified atom stereocenters. The lowest BCUT2D eigenvalue weighted by Gasteiger charge is -2.29. The van der Waals surface area contributed by atoms with Crippen molar-refractivity contribution < 1.29 is 0 Å². The zero-order valence-electron chi connectivity index (χ0n) is 9.67. The molecule has 2 aromatic rings. The van der Waals surface area contributed by atoms with E-state index in [1.54, 1.807) is 0 Å². The Morgan fingerprint density at radius 1 is 1.18 bits per heavy atom. The zero-order chi connectivity index (χ0) is 11.5. The number of nitrogens with zero attached hydrogens (tertiary/aromatic N) is 1. The number of pyridine rings is 1. The highest BCUT2D eigenvalue weighted by molar-refractivity contribution is 7.10. The summed E-state index contributed by atoms with van der Waals surface area (Å²) in [5.74, 6) is 0.702. The predicted molar refractivity (Wildman–Crippen MR) is 71.3 cm³/mol. The number of hydrogen-bond donors (Lipinski definition) is 1. The number of thiophene rings is 1. The van der Waals surface area contributed by atoms with Crippen LogP contribution >= 0.6 is 11.3 Å². The third kappa shape index (κ3) is 2.40. The minimum absolute atomic E-state index is 0.509. The van der Waals surface area contributed by atoms with Crippen LogP contribution in [-0.4, -0.2) is 11.5 Å². The molecule has 2 atom stereocenters. The second kappa shape index (κ2) is 4.98. The van der Waals surface area contributed by atoms with Crippen molar-refractivity contribution >= 4 is 11.3 Å². The molecule has 3 heteroatoms. The molecule has 17 heavy (non-hydrogen) atoms. The molecule has 3 rings (SSSR count). The van der Waals surface area contributed by atoms with E-state index in [0.29, 0.717) is 12.0 Å². The molecule has 0 saturated carbocycles. The van der Waals surface area contributed by atoms with Crippen molar-refractivity contribution in [3.63, 3.8) is 0 Å². The molecule has 0 aromatic carbocycles. The van der Waals surface area contributed by atoms with E-state index >= 15 is 0 Å². The maximum absolute atomic E-state index is 4.07. The van der Waals surface area contributed by atoms with Gasteiger partial charge in [-0.15, -0.1) is 11.3 Å². The van der Waals surface area contributed by atoms with Crippen LogP contribution in [0.1, 0.15) is 35.2 Å². The van der Waals surface area contributed by atoms with Crippen molar-refractivity contribution in [3.8, 4) is 0 Å². The third-order valence-electron chi connectivity index (χ3n) is 3.47. The summed E-state index contributed by atoms with van der Waals surface area (Å²) in [5.41, 5.74) is 1.37. The monoisotopic (exact) mass is 244 g/mol. The zero-order valence-corrected chi connectivity index (χ0v) is 10.5. The molecule has 1 aliphatic heterocycles. The van der Waals surface area contributed by atoms with Crippen LogP contribution in [0.3, 0.4) is 0 Å². The lowest BCUT2D eigenvalue weighted by atomic mass is 9.90. The highest BCUT2D eigenvalue weighted by atomic mass is 32.1. The molecular formula is C14H16N2S. The summed E-state index contributed by atoms with van der Waals surface area (Å²) in [6, 6.07) is 9.14. The minimum atomic E-state index is 0.509. The molecule has 1 fully saturated rings. The van der Waals surface area contributed by atoms with E-state index in [4.69, 9.17) is 0 Å². The number of aromatic nitrogens is 1. The van der Waals surface area contributed by atoms with Gasteiger partial charge < -0.3 is 5.32 Å². The summed E-state index contributed by atoms with van der Waals surface area (Å²) in [6.45, 7) is 1.09. The van der Waals surface area contributed by atoms with Gasteiger partial charge in [0.05, 0.1) is 0 Å². The highest BCUT2D eigenvalue weighted by Gasteiger charge is 2.23. The Balaban J connectivity index is 1.65. The number of hydrogen-bond acceptors (Lipinski definition) is 3. The average molecular weight is 244 g/mol. The molecule has 2 aromatic heterocycles. The number of piperidine rings is 1. The van der Waals surface area contributed by atoms with E-state index in [2.05, 4.69) is 39.9 Å². The normalized spacial score (nSPS) is 24.7. The lowest BCUT2D eigenvalue weighted by molar-refractivity contribution is 0.376. The van der Waals surface area contributed by atoms with Crippen molar-refractivity contribution in [2.24, 2.45) is 0 Å². The topological polar surface area (TPSA) is 24.9 Å². The lowest BCUT2D eigenvalue weighted by Crippen LogP contribution is -2.31. The smallest absolute Gasteiger partial charge is 0.0321 e. The van der Waals surface area contributed by atoms with Gasteiger partial charge in [0, 0.05) is 35.8 Å². The third-order valence-corrected chi connectivity index (χ3v) is 4.50. The van der Waals surface area contributed by atoms with Gasteiger partial charge in [0.1, 0.15) is 0 Å². The molecule has 88 valence electrons. The van der Waals surface area contributed by atoms with E-state index in [1.807, 2.05) is 23.7 Å². The van der Waals surface area contributed by atoms with Gasteiger partial charge in [-0.1, -0.05) is 6.07 Å². The maximum atomic E-state index is 4.07. The Bertz CT molecular complexity index is 444. The molecule has 1 aliphatic rings. The molecule has 0 amide bonds. The van der Waals surface area contributed by atoms with Gasteiger partial charge in [-0.05, 0) is 42.0 Å². The predicted octanol–water partition coefficient (Wildman–Crippen LogP) is 3.35. The van der Waals surface area contributed by atoms with Crippen LogP contribution in [0.15, 0.2) is 42.0 Å². The van der Waals surface area contributed by atoms with Gasteiger partial charge in [0.25, 0.3) is 0 Å². The summed E-state index contributed by atoms with van der Waals surface area (Å²) in [6.07, 6.45) is 6.25. The van der Waals surface area contributed by atoms with Crippen LogP contribution in [0, 0.1) is 0 Å².